The van der Waals surface area contributed by atoms with Crippen molar-refractivity contribution >= 4 is 18.5 Å². The molecule has 0 aromatic heterocycles. The molecular weight excluding hydrogens is 150 g/mol. The fourth-order valence-electron chi connectivity index (χ4n) is 1.07. The molecule has 1 unspecified atom stereocenters. The molecule has 0 spiro atoms. The summed E-state index contributed by atoms with van der Waals surface area (Å²) < 4.78 is 0. The largest absolute Gasteiger partial charge is 0.395 e. The number of thiol groups is 1. The van der Waals surface area contributed by atoms with Crippen LogP contribution in [0.1, 0.15) is 6.42 Å². The summed E-state index contributed by atoms with van der Waals surface area (Å²) in [6, 6.07) is 0. The van der Waals surface area contributed by atoms with Gasteiger partial charge in [0.2, 0.25) is 5.91 Å². The van der Waals surface area contributed by atoms with E-state index in [0.29, 0.717) is 6.54 Å². The molecule has 0 aliphatic carbocycles. The van der Waals surface area contributed by atoms with Crippen molar-refractivity contribution in [2.75, 3.05) is 19.7 Å². The average molecular weight is 161 g/mol. The van der Waals surface area contributed by atoms with Crippen LogP contribution in [0.15, 0.2) is 0 Å². The average Bonchev–Trinajstić information content (AvgIpc) is 2.20. The maximum absolute atomic E-state index is 11.0. The molecule has 0 saturated carbocycles. The lowest BCUT2D eigenvalue weighted by atomic mass is 10.4. The van der Waals surface area contributed by atoms with Gasteiger partial charge in [-0.3, -0.25) is 4.79 Å². The lowest BCUT2D eigenvalue weighted by Gasteiger charge is -2.12. The molecule has 10 heavy (non-hydrogen) atoms. The van der Waals surface area contributed by atoms with Gasteiger partial charge in [-0.25, -0.2) is 0 Å². The topological polar surface area (TPSA) is 40.5 Å². The van der Waals surface area contributed by atoms with Gasteiger partial charge in [0.05, 0.1) is 11.9 Å². The highest BCUT2D eigenvalue weighted by atomic mass is 32.1. The molecule has 58 valence electrons. The molecule has 0 aromatic carbocycles. The molecule has 4 heteroatoms. The number of hydrogen-bond acceptors (Lipinski definition) is 3. The number of nitrogens with zero attached hydrogens (tertiary/aromatic N) is 1. The maximum atomic E-state index is 11.0. The molecule has 1 aliphatic heterocycles. The first-order valence-corrected chi connectivity index (χ1v) is 3.85. The van der Waals surface area contributed by atoms with Crippen molar-refractivity contribution in [3.63, 3.8) is 0 Å². The third-order valence-electron chi connectivity index (χ3n) is 1.64. The highest BCUT2D eigenvalue weighted by Gasteiger charge is 2.27. The van der Waals surface area contributed by atoms with Crippen molar-refractivity contribution in [1.82, 2.24) is 4.90 Å². The molecule has 3 nitrogen and oxygen atoms in total. The van der Waals surface area contributed by atoms with Crippen LogP contribution in [0, 0.1) is 0 Å². The van der Waals surface area contributed by atoms with Crippen LogP contribution in [-0.2, 0) is 4.79 Å². The number of carbonyl (C=O) groups excluding carboxylic acids is 1. The highest BCUT2D eigenvalue weighted by Crippen LogP contribution is 2.14. The Labute approximate surface area is 65.4 Å². The van der Waals surface area contributed by atoms with Gasteiger partial charge in [-0.2, -0.15) is 12.6 Å². The lowest BCUT2D eigenvalue weighted by Crippen LogP contribution is -2.30. The van der Waals surface area contributed by atoms with E-state index in [-0.39, 0.29) is 17.8 Å². The van der Waals surface area contributed by atoms with E-state index in [4.69, 9.17) is 5.11 Å². The number of hydrogen-bond donors (Lipinski definition) is 2. The van der Waals surface area contributed by atoms with Gasteiger partial charge in [-0.1, -0.05) is 0 Å². The van der Waals surface area contributed by atoms with Crippen LogP contribution in [0.4, 0.5) is 0 Å². The Bertz CT molecular complexity index is 138. The van der Waals surface area contributed by atoms with E-state index in [1.807, 2.05) is 0 Å². The molecule has 1 heterocycles. The van der Waals surface area contributed by atoms with Gasteiger partial charge in [0.15, 0.2) is 0 Å². The zero-order valence-corrected chi connectivity index (χ0v) is 6.55. The third-order valence-corrected chi connectivity index (χ3v) is 2.12. The molecule has 1 atom stereocenters. The normalized spacial score (nSPS) is 26.0. The molecule has 1 amide bonds. The van der Waals surface area contributed by atoms with Crippen LogP contribution in [0.5, 0.6) is 0 Å². The van der Waals surface area contributed by atoms with E-state index >= 15 is 0 Å². The molecule has 0 aromatic rings. The zero-order valence-electron chi connectivity index (χ0n) is 5.66. The minimum Gasteiger partial charge on any atom is -0.395 e. The fraction of sp³-hybridized carbons (Fsp3) is 0.833. The van der Waals surface area contributed by atoms with Crippen LogP contribution in [-0.4, -0.2) is 40.9 Å². The quantitative estimate of drug-likeness (QED) is 0.536. The Balaban J connectivity index is 2.41. The molecule has 0 bridgehead atoms. The van der Waals surface area contributed by atoms with Crippen molar-refractivity contribution in [3.05, 3.63) is 0 Å². The Morgan fingerprint density at radius 1 is 1.80 bits per heavy atom. The van der Waals surface area contributed by atoms with Crippen LogP contribution >= 0.6 is 12.6 Å². The first-order chi connectivity index (χ1) is 4.75. The SMILES string of the molecule is O=C1C(S)CCN1CCO. The van der Waals surface area contributed by atoms with Crippen molar-refractivity contribution in [2.24, 2.45) is 0 Å². The van der Waals surface area contributed by atoms with Gasteiger partial charge in [0, 0.05) is 13.1 Å². The Morgan fingerprint density at radius 2 is 2.50 bits per heavy atom. The molecule has 1 fully saturated rings. The predicted molar refractivity (Wildman–Crippen MR) is 41.1 cm³/mol. The second kappa shape index (κ2) is 3.25. The summed E-state index contributed by atoms with van der Waals surface area (Å²) in [4.78, 5) is 12.7. The molecule has 1 saturated heterocycles. The van der Waals surface area contributed by atoms with Crippen LogP contribution in [0.3, 0.4) is 0 Å². The van der Waals surface area contributed by atoms with Crippen molar-refractivity contribution in [2.45, 2.75) is 11.7 Å². The Kier molecular flexibility index (Phi) is 2.56. The van der Waals surface area contributed by atoms with Crippen molar-refractivity contribution in [1.29, 1.82) is 0 Å². The summed E-state index contributed by atoms with van der Waals surface area (Å²) in [7, 11) is 0. The molecule has 1 rings (SSSR count). The van der Waals surface area contributed by atoms with Gasteiger partial charge in [0.1, 0.15) is 0 Å². The summed E-state index contributed by atoms with van der Waals surface area (Å²) in [6.07, 6.45) is 0.807. The highest BCUT2D eigenvalue weighted by molar-refractivity contribution is 7.81. The monoisotopic (exact) mass is 161 g/mol. The van der Waals surface area contributed by atoms with E-state index in [9.17, 15) is 4.79 Å². The predicted octanol–water partition coefficient (Wildman–Crippen LogP) is -0.491. The number of likely N-dealkylation sites (tertiary alicyclic amines) is 1. The number of amides is 1. The minimum atomic E-state index is -0.133. The van der Waals surface area contributed by atoms with Gasteiger partial charge in [0.25, 0.3) is 0 Å². The summed E-state index contributed by atoms with van der Waals surface area (Å²) >= 11 is 4.07. The molecule has 1 aliphatic rings. The Morgan fingerprint density at radius 3 is 2.90 bits per heavy atom. The Hall–Kier alpha value is -0.220. The first kappa shape index (κ1) is 7.88. The first-order valence-electron chi connectivity index (χ1n) is 3.33. The third kappa shape index (κ3) is 1.44. The van der Waals surface area contributed by atoms with E-state index in [0.717, 1.165) is 13.0 Å². The van der Waals surface area contributed by atoms with Crippen LogP contribution < -0.4 is 0 Å². The summed E-state index contributed by atoms with van der Waals surface area (Å²) in [5, 5.41) is 8.38. The second-order valence-electron chi connectivity index (χ2n) is 2.35. The number of aliphatic hydroxyl groups excluding tert-OH is 1. The lowest BCUT2D eigenvalue weighted by molar-refractivity contribution is -0.127. The van der Waals surface area contributed by atoms with Crippen molar-refractivity contribution in [3.8, 4) is 0 Å². The smallest absolute Gasteiger partial charge is 0.235 e. The van der Waals surface area contributed by atoms with E-state index in [2.05, 4.69) is 12.6 Å². The number of aliphatic hydroxyl groups is 1. The second-order valence-corrected chi connectivity index (χ2v) is 2.98. The standard InChI is InChI=1S/C6H11NO2S/c8-4-3-7-2-1-5(10)6(7)9/h5,8,10H,1-4H2. The molecular formula is C6H11NO2S. The van der Waals surface area contributed by atoms with Crippen molar-refractivity contribution < 1.29 is 9.90 Å². The number of β-amino-alcohol motifs (C(OH)–C–C–N with tert-alkyl or cyclic N) is 1. The van der Waals surface area contributed by atoms with Crippen LogP contribution in [0.25, 0.3) is 0 Å². The fourth-order valence-corrected chi connectivity index (χ4v) is 1.34. The minimum absolute atomic E-state index is 0.0479. The van der Waals surface area contributed by atoms with E-state index in [1.54, 1.807) is 4.90 Å². The zero-order chi connectivity index (χ0) is 7.56. The van der Waals surface area contributed by atoms with Gasteiger partial charge in [-0.15, -0.1) is 0 Å². The number of carbonyl (C=O) groups is 1. The summed E-state index contributed by atoms with van der Waals surface area (Å²) in [5.74, 6) is 0.0531. The van der Waals surface area contributed by atoms with Gasteiger partial charge in [-0.05, 0) is 6.42 Å². The van der Waals surface area contributed by atoms with E-state index < -0.39 is 0 Å². The molecule has 1 N–H and O–H groups in total. The summed E-state index contributed by atoms with van der Waals surface area (Å²) in [6.45, 7) is 1.25. The van der Waals surface area contributed by atoms with Gasteiger partial charge < -0.3 is 10.0 Å². The maximum Gasteiger partial charge on any atom is 0.235 e. The van der Waals surface area contributed by atoms with E-state index in [1.165, 1.54) is 0 Å². The molecule has 0 radical (unpaired) electrons. The van der Waals surface area contributed by atoms with Crippen LogP contribution in [0.2, 0.25) is 0 Å². The summed E-state index contributed by atoms with van der Waals surface area (Å²) in [5.41, 5.74) is 0. The number of rotatable bonds is 2. The van der Waals surface area contributed by atoms with Gasteiger partial charge >= 0.3 is 0 Å².